The number of hydrogen-bond donors (Lipinski definition) is 1. The molecule has 0 saturated heterocycles. The largest absolute Gasteiger partial charge is 0.308 e. The molecule has 0 aliphatic heterocycles. The van der Waals surface area contributed by atoms with Gasteiger partial charge in [-0.2, -0.15) is 0 Å². The van der Waals surface area contributed by atoms with Crippen LogP contribution in [-0.2, 0) is 6.42 Å². The fourth-order valence-electron chi connectivity index (χ4n) is 2.43. The summed E-state index contributed by atoms with van der Waals surface area (Å²) < 4.78 is 0. The van der Waals surface area contributed by atoms with Gasteiger partial charge in [0.25, 0.3) is 0 Å². The molecule has 2 rings (SSSR count). The third-order valence-corrected chi connectivity index (χ3v) is 3.92. The van der Waals surface area contributed by atoms with Crippen molar-refractivity contribution < 1.29 is 0 Å². The molecule has 0 aromatic heterocycles. The molecule has 1 aliphatic rings. The molecule has 1 aliphatic carbocycles. The highest BCUT2D eigenvalue weighted by atomic mass is 15.1. The molecule has 1 aromatic carbocycles. The Hall–Kier alpha value is -0.860. The van der Waals surface area contributed by atoms with Gasteiger partial charge in [-0.3, -0.25) is 0 Å². The van der Waals surface area contributed by atoms with Crippen LogP contribution in [0.4, 0.5) is 0 Å². The number of rotatable bonds is 4. The molecule has 2 heteroatoms. The summed E-state index contributed by atoms with van der Waals surface area (Å²) in [7, 11) is 4.28. The van der Waals surface area contributed by atoms with E-state index in [9.17, 15) is 0 Å². The van der Waals surface area contributed by atoms with Gasteiger partial charge in [-0.15, -0.1) is 0 Å². The Labute approximate surface area is 105 Å². The van der Waals surface area contributed by atoms with Gasteiger partial charge in [0.05, 0.1) is 0 Å². The van der Waals surface area contributed by atoms with Crippen molar-refractivity contribution >= 4 is 0 Å². The van der Waals surface area contributed by atoms with E-state index in [2.05, 4.69) is 56.4 Å². The SMILES string of the molecule is Cc1ccc2c(c1)C(NCC(C)N(C)C)CC2. The van der Waals surface area contributed by atoms with Crippen molar-refractivity contribution in [3.8, 4) is 0 Å². The summed E-state index contributed by atoms with van der Waals surface area (Å²) in [6.07, 6.45) is 2.47. The van der Waals surface area contributed by atoms with E-state index in [-0.39, 0.29) is 0 Å². The molecule has 0 bridgehead atoms. The topological polar surface area (TPSA) is 15.3 Å². The lowest BCUT2D eigenvalue weighted by molar-refractivity contribution is 0.293. The minimum Gasteiger partial charge on any atom is -0.308 e. The third-order valence-electron chi connectivity index (χ3n) is 3.92. The van der Waals surface area contributed by atoms with E-state index in [0.717, 1.165) is 6.54 Å². The van der Waals surface area contributed by atoms with Crippen LogP contribution in [0.1, 0.15) is 36.1 Å². The fraction of sp³-hybridized carbons (Fsp3) is 0.600. The summed E-state index contributed by atoms with van der Waals surface area (Å²) >= 11 is 0. The molecule has 0 saturated carbocycles. The zero-order valence-electron chi connectivity index (χ0n) is 11.5. The van der Waals surface area contributed by atoms with Crippen LogP contribution in [0.5, 0.6) is 0 Å². The average Bonchev–Trinajstić information content (AvgIpc) is 2.68. The molecule has 0 radical (unpaired) electrons. The van der Waals surface area contributed by atoms with Crippen LogP contribution >= 0.6 is 0 Å². The van der Waals surface area contributed by atoms with E-state index in [1.807, 2.05) is 0 Å². The van der Waals surface area contributed by atoms with Crippen LogP contribution in [0.15, 0.2) is 18.2 Å². The molecule has 1 N–H and O–H groups in total. The van der Waals surface area contributed by atoms with Crippen LogP contribution in [0.2, 0.25) is 0 Å². The molecule has 0 fully saturated rings. The van der Waals surface area contributed by atoms with Gasteiger partial charge in [-0.25, -0.2) is 0 Å². The first-order valence-corrected chi connectivity index (χ1v) is 6.57. The van der Waals surface area contributed by atoms with E-state index in [1.54, 1.807) is 0 Å². The summed E-state index contributed by atoms with van der Waals surface area (Å²) in [6, 6.07) is 8.02. The predicted molar refractivity (Wildman–Crippen MR) is 73.4 cm³/mol. The lowest BCUT2D eigenvalue weighted by atomic mass is 10.0. The summed E-state index contributed by atoms with van der Waals surface area (Å²) in [4.78, 5) is 2.26. The average molecular weight is 232 g/mol. The molecule has 0 spiro atoms. The van der Waals surface area contributed by atoms with Crippen molar-refractivity contribution in [3.05, 3.63) is 34.9 Å². The number of nitrogens with zero attached hydrogens (tertiary/aromatic N) is 1. The van der Waals surface area contributed by atoms with Crippen molar-refractivity contribution in [1.82, 2.24) is 10.2 Å². The number of nitrogens with one attached hydrogen (secondary N) is 1. The summed E-state index contributed by atoms with van der Waals surface area (Å²) in [5, 5.41) is 3.70. The molecule has 94 valence electrons. The van der Waals surface area contributed by atoms with Crippen molar-refractivity contribution in [1.29, 1.82) is 0 Å². The zero-order chi connectivity index (χ0) is 12.4. The Morgan fingerprint density at radius 2 is 2.18 bits per heavy atom. The zero-order valence-corrected chi connectivity index (χ0v) is 11.5. The molecule has 1 aromatic rings. The maximum Gasteiger partial charge on any atom is 0.0326 e. The minimum absolute atomic E-state index is 0.562. The maximum atomic E-state index is 3.70. The van der Waals surface area contributed by atoms with Gasteiger partial charge in [0.15, 0.2) is 0 Å². The van der Waals surface area contributed by atoms with Gasteiger partial charge in [-0.05, 0) is 51.9 Å². The molecule has 2 nitrogen and oxygen atoms in total. The number of benzene rings is 1. The Morgan fingerprint density at radius 1 is 1.41 bits per heavy atom. The molecular weight excluding hydrogens is 208 g/mol. The lowest BCUT2D eigenvalue weighted by Crippen LogP contribution is -2.36. The van der Waals surface area contributed by atoms with E-state index < -0.39 is 0 Å². The minimum atomic E-state index is 0.562. The van der Waals surface area contributed by atoms with Gasteiger partial charge < -0.3 is 10.2 Å². The first-order valence-electron chi connectivity index (χ1n) is 6.57. The van der Waals surface area contributed by atoms with E-state index in [1.165, 1.54) is 29.5 Å². The third kappa shape index (κ3) is 2.88. The van der Waals surface area contributed by atoms with Crippen LogP contribution < -0.4 is 5.32 Å². The van der Waals surface area contributed by atoms with Crippen LogP contribution in [0.25, 0.3) is 0 Å². The molecular formula is C15H24N2. The molecule has 2 atom stereocenters. The highest BCUT2D eigenvalue weighted by molar-refractivity contribution is 5.37. The summed E-state index contributed by atoms with van der Waals surface area (Å²) in [5.41, 5.74) is 4.43. The van der Waals surface area contributed by atoms with Gasteiger partial charge in [0.2, 0.25) is 0 Å². The molecule has 17 heavy (non-hydrogen) atoms. The van der Waals surface area contributed by atoms with Crippen molar-refractivity contribution in [2.45, 2.75) is 38.8 Å². The Bertz CT molecular complexity index is 385. The number of likely N-dealkylation sites (N-methyl/N-ethyl adjacent to an activating group) is 1. The van der Waals surface area contributed by atoms with Crippen molar-refractivity contribution in [2.75, 3.05) is 20.6 Å². The Balaban J connectivity index is 2.00. The molecule has 2 unspecified atom stereocenters. The predicted octanol–water partition coefficient (Wildman–Crippen LogP) is 2.52. The molecule has 0 heterocycles. The fourth-order valence-corrected chi connectivity index (χ4v) is 2.43. The van der Waals surface area contributed by atoms with Crippen molar-refractivity contribution in [3.63, 3.8) is 0 Å². The van der Waals surface area contributed by atoms with Gasteiger partial charge in [0, 0.05) is 18.6 Å². The van der Waals surface area contributed by atoms with E-state index >= 15 is 0 Å². The molecule has 0 amide bonds. The second-order valence-electron chi connectivity index (χ2n) is 5.51. The highest BCUT2D eigenvalue weighted by Crippen LogP contribution is 2.31. The van der Waals surface area contributed by atoms with Crippen LogP contribution in [0.3, 0.4) is 0 Å². The van der Waals surface area contributed by atoms with Crippen molar-refractivity contribution in [2.24, 2.45) is 0 Å². The summed E-state index contributed by atoms with van der Waals surface area (Å²) in [6.45, 7) is 5.50. The Kier molecular flexibility index (Phi) is 3.85. The second kappa shape index (κ2) is 5.19. The standard InChI is InChI=1S/C15H24N2/c1-11-5-6-13-7-8-15(14(13)9-11)16-10-12(2)17(3)4/h5-6,9,12,15-16H,7-8,10H2,1-4H3. The number of hydrogen-bond acceptors (Lipinski definition) is 2. The van der Waals surface area contributed by atoms with E-state index in [4.69, 9.17) is 0 Å². The monoisotopic (exact) mass is 232 g/mol. The number of fused-ring (bicyclic) bond motifs is 1. The summed E-state index contributed by atoms with van der Waals surface area (Å²) in [5.74, 6) is 0. The first-order chi connectivity index (χ1) is 8.08. The van der Waals surface area contributed by atoms with Gasteiger partial charge in [0.1, 0.15) is 0 Å². The number of aryl methyl sites for hydroxylation is 2. The quantitative estimate of drug-likeness (QED) is 0.858. The smallest absolute Gasteiger partial charge is 0.0326 e. The van der Waals surface area contributed by atoms with Gasteiger partial charge in [-0.1, -0.05) is 23.8 Å². The highest BCUT2D eigenvalue weighted by Gasteiger charge is 2.22. The van der Waals surface area contributed by atoms with Gasteiger partial charge >= 0.3 is 0 Å². The lowest BCUT2D eigenvalue weighted by Gasteiger charge is -2.23. The first kappa shape index (κ1) is 12.6. The van der Waals surface area contributed by atoms with E-state index in [0.29, 0.717) is 12.1 Å². The van der Waals surface area contributed by atoms with Crippen LogP contribution in [-0.4, -0.2) is 31.6 Å². The normalized spacial score (nSPS) is 20.6. The second-order valence-corrected chi connectivity index (χ2v) is 5.51. The Morgan fingerprint density at radius 3 is 2.88 bits per heavy atom. The maximum absolute atomic E-state index is 3.70. The van der Waals surface area contributed by atoms with Crippen LogP contribution in [0, 0.1) is 6.92 Å².